The highest BCUT2D eigenvalue weighted by molar-refractivity contribution is 6.35. The predicted molar refractivity (Wildman–Crippen MR) is 102 cm³/mol. The molecule has 4 rings (SSSR count). The van der Waals surface area contributed by atoms with E-state index in [1.807, 2.05) is 54.1 Å². The minimum Gasteiger partial charge on any atom is -0.349 e. The Hall–Kier alpha value is -2.86. The lowest BCUT2D eigenvalue weighted by Crippen LogP contribution is -2.25. The maximum absolute atomic E-state index is 12.2. The van der Waals surface area contributed by atoms with Crippen molar-refractivity contribution in [2.45, 2.75) is 19.5 Å². The standard InChI is InChI=1S/C19H18ClN5O/c1-24-17-7-3-2-6-15(17)23-18(24)12-21-19(26)9-10-25-16-8-4-5-14(20)13(16)11-22-25/h2-8,11H,9-10,12H2,1H3,(H,21,26). The number of aryl methyl sites for hydroxylation is 2. The molecular formula is C19H18ClN5O. The first-order chi connectivity index (χ1) is 12.6. The smallest absolute Gasteiger partial charge is 0.222 e. The van der Waals surface area contributed by atoms with E-state index in [1.165, 1.54) is 0 Å². The normalized spacial score (nSPS) is 11.3. The first kappa shape index (κ1) is 16.6. The third-order valence-corrected chi connectivity index (χ3v) is 4.84. The molecule has 0 bridgehead atoms. The third kappa shape index (κ3) is 3.04. The molecule has 1 amide bonds. The first-order valence-electron chi connectivity index (χ1n) is 8.40. The van der Waals surface area contributed by atoms with Crippen LogP contribution in [0.1, 0.15) is 12.2 Å². The quantitative estimate of drug-likeness (QED) is 0.588. The van der Waals surface area contributed by atoms with Gasteiger partial charge >= 0.3 is 0 Å². The van der Waals surface area contributed by atoms with Crippen molar-refractivity contribution in [2.75, 3.05) is 0 Å². The van der Waals surface area contributed by atoms with Crippen LogP contribution < -0.4 is 5.32 Å². The second-order valence-electron chi connectivity index (χ2n) is 6.14. The van der Waals surface area contributed by atoms with Gasteiger partial charge in [-0.25, -0.2) is 4.98 Å². The average Bonchev–Trinajstić information content (AvgIpc) is 3.21. The summed E-state index contributed by atoms with van der Waals surface area (Å²) in [5.41, 5.74) is 2.91. The Morgan fingerprint density at radius 2 is 1.96 bits per heavy atom. The van der Waals surface area contributed by atoms with Crippen molar-refractivity contribution >= 4 is 39.4 Å². The molecule has 4 aromatic rings. The molecule has 0 saturated heterocycles. The Morgan fingerprint density at radius 1 is 1.15 bits per heavy atom. The number of carbonyl (C=O) groups is 1. The Balaban J connectivity index is 1.39. The van der Waals surface area contributed by atoms with E-state index in [1.54, 1.807) is 10.9 Å². The third-order valence-electron chi connectivity index (χ3n) is 4.51. The molecule has 6 nitrogen and oxygen atoms in total. The molecule has 0 aliphatic heterocycles. The highest BCUT2D eigenvalue weighted by Gasteiger charge is 2.10. The molecule has 7 heteroatoms. The maximum atomic E-state index is 12.2. The van der Waals surface area contributed by atoms with Crippen molar-refractivity contribution in [3.05, 3.63) is 59.5 Å². The van der Waals surface area contributed by atoms with Crippen LogP contribution in [0.5, 0.6) is 0 Å². The lowest BCUT2D eigenvalue weighted by molar-refractivity contribution is -0.121. The van der Waals surface area contributed by atoms with Gasteiger partial charge in [0.1, 0.15) is 5.82 Å². The monoisotopic (exact) mass is 367 g/mol. The van der Waals surface area contributed by atoms with Crippen LogP contribution in [-0.4, -0.2) is 25.2 Å². The van der Waals surface area contributed by atoms with Crippen molar-refractivity contribution in [1.82, 2.24) is 24.6 Å². The van der Waals surface area contributed by atoms with Gasteiger partial charge in [-0.05, 0) is 24.3 Å². The predicted octanol–water partition coefficient (Wildman–Crippen LogP) is 3.28. The molecule has 0 radical (unpaired) electrons. The molecule has 2 heterocycles. The van der Waals surface area contributed by atoms with E-state index in [4.69, 9.17) is 11.6 Å². The molecule has 0 unspecified atom stereocenters. The van der Waals surface area contributed by atoms with E-state index in [2.05, 4.69) is 15.4 Å². The zero-order valence-electron chi connectivity index (χ0n) is 14.3. The van der Waals surface area contributed by atoms with Crippen LogP contribution in [0.25, 0.3) is 21.9 Å². The number of nitrogens with one attached hydrogen (secondary N) is 1. The SMILES string of the molecule is Cn1c(CNC(=O)CCn2ncc3c(Cl)cccc32)nc2ccccc21. The number of para-hydroxylation sites is 2. The fourth-order valence-electron chi connectivity index (χ4n) is 3.07. The molecule has 0 aliphatic carbocycles. The number of fused-ring (bicyclic) bond motifs is 2. The average molecular weight is 368 g/mol. The van der Waals surface area contributed by atoms with Gasteiger partial charge in [-0.1, -0.05) is 29.8 Å². The fourth-order valence-corrected chi connectivity index (χ4v) is 3.29. The summed E-state index contributed by atoms with van der Waals surface area (Å²) in [5.74, 6) is 0.790. The summed E-state index contributed by atoms with van der Waals surface area (Å²) < 4.78 is 3.80. The lowest BCUT2D eigenvalue weighted by atomic mass is 10.2. The van der Waals surface area contributed by atoms with Gasteiger partial charge in [0.25, 0.3) is 0 Å². The summed E-state index contributed by atoms with van der Waals surface area (Å²) in [4.78, 5) is 16.8. The van der Waals surface area contributed by atoms with Gasteiger partial charge in [0, 0.05) is 18.9 Å². The van der Waals surface area contributed by atoms with E-state index >= 15 is 0 Å². The highest BCUT2D eigenvalue weighted by Crippen LogP contribution is 2.22. The number of nitrogens with zero attached hydrogens (tertiary/aromatic N) is 4. The molecule has 0 spiro atoms. The second kappa shape index (κ2) is 6.80. The molecule has 0 fully saturated rings. The van der Waals surface area contributed by atoms with E-state index < -0.39 is 0 Å². The lowest BCUT2D eigenvalue weighted by Gasteiger charge is -2.07. The van der Waals surface area contributed by atoms with Gasteiger partial charge in [0.2, 0.25) is 5.91 Å². The Labute approximate surface area is 155 Å². The summed E-state index contributed by atoms with van der Waals surface area (Å²) in [5, 5.41) is 8.82. The number of rotatable bonds is 5. The van der Waals surface area contributed by atoms with Crippen LogP contribution in [0.15, 0.2) is 48.7 Å². The summed E-state index contributed by atoms with van der Waals surface area (Å²) in [6.45, 7) is 0.897. The molecule has 0 aliphatic rings. The minimum atomic E-state index is -0.0391. The summed E-state index contributed by atoms with van der Waals surface area (Å²) >= 11 is 6.16. The van der Waals surface area contributed by atoms with E-state index in [0.717, 1.165) is 27.8 Å². The van der Waals surface area contributed by atoms with Crippen LogP contribution in [0.4, 0.5) is 0 Å². The molecule has 1 N–H and O–H groups in total. The van der Waals surface area contributed by atoms with Gasteiger partial charge < -0.3 is 9.88 Å². The van der Waals surface area contributed by atoms with Crippen molar-refractivity contribution in [1.29, 1.82) is 0 Å². The largest absolute Gasteiger partial charge is 0.349 e. The van der Waals surface area contributed by atoms with Crippen LogP contribution in [0.2, 0.25) is 5.02 Å². The Morgan fingerprint density at radius 3 is 2.81 bits per heavy atom. The topological polar surface area (TPSA) is 64.7 Å². The number of halogens is 1. The number of amides is 1. The van der Waals surface area contributed by atoms with Crippen molar-refractivity contribution in [2.24, 2.45) is 7.05 Å². The van der Waals surface area contributed by atoms with Crippen molar-refractivity contribution in [3.8, 4) is 0 Å². The number of aromatic nitrogens is 4. The van der Waals surface area contributed by atoms with E-state index in [9.17, 15) is 4.79 Å². The summed E-state index contributed by atoms with van der Waals surface area (Å²) in [7, 11) is 1.95. The molecule has 2 aromatic heterocycles. The van der Waals surface area contributed by atoms with Gasteiger partial charge in [-0.2, -0.15) is 5.10 Å². The zero-order valence-corrected chi connectivity index (χ0v) is 15.1. The summed E-state index contributed by atoms with van der Waals surface area (Å²) in [6.07, 6.45) is 2.07. The number of benzene rings is 2. The molecule has 2 aromatic carbocycles. The second-order valence-corrected chi connectivity index (χ2v) is 6.55. The van der Waals surface area contributed by atoms with Crippen molar-refractivity contribution in [3.63, 3.8) is 0 Å². The van der Waals surface area contributed by atoms with Crippen LogP contribution in [0.3, 0.4) is 0 Å². The van der Waals surface area contributed by atoms with Gasteiger partial charge in [0.15, 0.2) is 0 Å². The molecular weight excluding hydrogens is 350 g/mol. The minimum absolute atomic E-state index is 0.0391. The Bertz CT molecular complexity index is 1100. The zero-order chi connectivity index (χ0) is 18.1. The van der Waals surface area contributed by atoms with E-state index in [0.29, 0.717) is 24.5 Å². The number of hydrogen-bond donors (Lipinski definition) is 1. The molecule has 26 heavy (non-hydrogen) atoms. The number of carbonyl (C=O) groups excluding carboxylic acids is 1. The number of hydrogen-bond acceptors (Lipinski definition) is 3. The molecule has 0 saturated carbocycles. The number of imidazole rings is 1. The Kier molecular flexibility index (Phi) is 4.34. The van der Waals surface area contributed by atoms with E-state index in [-0.39, 0.29) is 5.91 Å². The van der Waals surface area contributed by atoms with Gasteiger partial charge in [-0.15, -0.1) is 0 Å². The maximum Gasteiger partial charge on any atom is 0.222 e. The highest BCUT2D eigenvalue weighted by atomic mass is 35.5. The van der Waals surface area contributed by atoms with Crippen LogP contribution in [-0.2, 0) is 24.9 Å². The molecule has 132 valence electrons. The summed E-state index contributed by atoms with van der Waals surface area (Å²) in [6, 6.07) is 13.6. The van der Waals surface area contributed by atoms with Crippen LogP contribution >= 0.6 is 11.6 Å². The first-order valence-corrected chi connectivity index (χ1v) is 8.78. The van der Waals surface area contributed by atoms with Crippen LogP contribution in [0, 0.1) is 0 Å². The van der Waals surface area contributed by atoms with Gasteiger partial charge in [-0.3, -0.25) is 9.48 Å². The van der Waals surface area contributed by atoms with Gasteiger partial charge in [0.05, 0.1) is 40.9 Å². The van der Waals surface area contributed by atoms with Crippen molar-refractivity contribution < 1.29 is 4.79 Å². The molecule has 0 atom stereocenters. The fraction of sp³-hybridized carbons (Fsp3) is 0.211.